The number of fused-ring (bicyclic) bond motifs is 1. The summed E-state index contributed by atoms with van der Waals surface area (Å²) in [6.45, 7) is 1.99. The van der Waals surface area contributed by atoms with Crippen molar-refractivity contribution in [2.45, 2.75) is 32.2 Å². The molecule has 1 aliphatic rings. The van der Waals surface area contributed by atoms with E-state index in [4.69, 9.17) is 0 Å². The summed E-state index contributed by atoms with van der Waals surface area (Å²) in [5.41, 5.74) is 2.75. The van der Waals surface area contributed by atoms with Crippen molar-refractivity contribution < 1.29 is 9.18 Å². The van der Waals surface area contributed by atoms with Crippen LogP contribution in [-0.2, 0) is 6.42 Å². The van der Waals surface area contributed by atoms with Crippen LogP contribution in [-0.4, -0.2) is 21.1 Å². The van der Waals surface area contributed by atoms with E-state index in [2.05, 4.69) is 20.5 Å². The van der Waals surface area contributed by atoms with Crippen LogP contribution in [0, 0.1) is 12.7 Å². The summed E-state index contributed by atoms with van der Waals surface area (Å²) in [5.74, 6) is -0.506. The number of aromatic nitrogens is 3. The molecule has 0 bridgehead atoms. The van der Waals surface area contributed by atoms with Gasteiger partial charge in [-0.1, -0.05) is 0 Å². The number of aromatic amines is 1. The number of hydrogen-bond acceptors (Lipinski definition) is 4. The second kappa shape index (κ2) is 6.40. The van der Waals surface area contributed by atoms with Gasteiger partial charge in [0.2, 0.25) is 0 Å². The van der Waals surface area contributed by atoms with E-state index in [1.165, 1.54) is 17.0 Å². The smallest absolute Gasteiger partial charge is 0.269 e. The highest BCUT2D eigenvalue weighted by molar-refractivity contribution is 7.11. The zero-order chi connectivity index (χ0) is 17.4. The van der Waals surface area contributed by atoms with Crippen LogP contribution < -0.4 is 5.32 Å². The zero-order valence-corrected chi connectivity index (χ0v) is 14.5. The van der Waals surface area contributed by atoms with Gasteiger partial charge in [0, 0.05) is 10.4 Å². The fourth-order valence-electron chi connectivity index (χ4n) is 3.12. The maximum absolute atomic E-state index is 13.0. The third kappa shape index (κ3) is 3.19. The standard InChI is InChI=1S/C18H17FN4OS/c1-10-20-17-13(3-2-4-16(17)25-10)21-18(24)15-9-14(22-23-15)11-5-7-12(19)8-6-11/h5-9,13H,2-4H2,1H3,(H,21,24)(H,22,23)/t13-/m0/s1. The molecule has 0 spiro atoms. The van der Waals surface area contributed by atoms with Gasteiger partial charge in [-0.25, -0.2) is 9.37 Å². The predicted octanol–water partition coefficient (Wildman–Crippen LogP) is 3.79. The van der Waals surface area contributed by atoms with Crippen molar-refractivity contribution in [2.24, 2.45) is 0 Å². The summed E-state index contributed by atoms with van der Waals surface area (Å²) in [7, 11) is 0. The molecule has 0 radical (unpaired) electrons. The van der Waals surface area contributed by atoms with Crippen LogP contribution in [0.4, 0.5) is 4.39 Å². The fraction of sp³-hybridized carbons (Fsp3) is 0.278. The molecule has 0 fully saturated rings. The van der Waals surface area contributed by atoms with Crippen LogP contribution in [0.15, 0.2) is 30.3 Å². The molecular weight excluding hydrogens is 339 g/mol. The number of hydrogen-bond donors (Lipinski definition) is 2. The molecule has 2 heterocycles. The summed E-state index contributed by atoms with van der Waals surface area (Å²) >= 11 is 1.71. The van der Waals surface area contributed by atoms with Crippen molar-refractivity contribution in [3.63, 3.8) is 0 Å². The van der Waals surface area contributed by atoms with Gasteiger partial charge in [-0.15, -0.1) is 11.3 Å². The van der Waals surface area contributed by atoms with Crippen LogP contribution in [0.1, 0.15) is 45.0 Å². The maximum atomic E-state index is 13.0. The number of rotatable bonds is 3. The molecule has 25 heavy (non-hydrogen) atoms. The molecular formula is C18H17FN4OS. The second-order valence-corrected chi connectivity index (χ2v) is 7.42. The Kier molecular flexibility index (Phi) is 4.09. The van der Waals surface area contributed by atoms with Crippen LogP contribution in [0.2, 0.25) is 0 Å². The third-order valence-corrected chi connectivity index (χ3v) is 5.38. The van der Waals surface area contributed by atoms with E-state index in [1.54, 1.807) is 29.5 Å². The lowest BCUT2D eigenvalue weighted by atomic mass is 9.97. The number of halogens is 1. The van der Waals surface area contributed by atoms with E-state index < -0.39 is 0 Å². The molecule has 2 N–H and O–H groups in total. The number of benzene rings is 1. The quantitative estimate of drug-likeness (QED) is 0.750. The van der Waals surface area contributed by atoms with Crippen LogP contribution in [0.25, 0.3) is 11.3 Å². The second-order valence-electron chi connectivity index (χ2n) is 6.13. The first-order chi connectivity index (χ1) is 12.1. The molecule has 0 saturated carbocycles. The molecule has 0 saturated heterocycles. The Hall–Kier alpha value is -2.54. The van der Waals surface area contributed by atoms with Gasteiger partial charge in [0.05, 0.1) is 22.4 Å². The highest BCUT2D eigenvalue weighted by Gasteiger charge is 2.26. The topological polar surface area (TPSA) is 70.7 Å². The number of H-pyrrole nitrogens is 1. The largest absolute Gasteiger partial charge is 0.342 e. The number of amides is 1. The molecule has 0 unspecified atom stereocenters. The Morgan fingerprint density at radius 3 is 2.96 bits per heavy atom. The van der Waals surface area contributed by atoms with Gasteiger partial charge in [0.15, 0.2) is 0 Å². The SMILES string of the molecule is Cc1nc2c(s1)CCC[C@@H]2NC(=O)c1cc(-c2ccc(F)cc2)n[nH]1. The molecule has 1 atom stereocenters. The van der Waals surface area contributed by atoms with Crippen molar-refractivity contribution in [1.82, 2.24) is 20.5 Å². The Bertz CT molecular complexity index is 916. The minimum Gasteiger partial charge on any atom is -0.342 e. The first kappa shape index (κ1) is 16.0. The summed E-state index contributed by atoms with van der Waals surface area (Å²) in [5, 5.41) is 11.0. The van der Waals surface area contributed by atoms with E-state index in [1.807, 2.05) is 6.92 Å². The van der Waals surface area contributed by atoms with Crippen molar-refractivity contribution in [3.8, 4) is 11.3 Å². The molecule has 1 amide bonds. The normalized spacial score (nSPS) is 16.5. The molecule has 2 aromatic heterocycles. The van der Waals surface area contributed by atoms with Crippen molar-refractivity contribution in [2.75, 3.05) is 0 Å². The summed E-state index contributed by atoms with van der Waals surface area (Å²) in [6, 6.07) is 7.64. The molecule has 5 nitrogen and oxygen atoms in total. The first-order valence-corrected chi connectivity index (χ1v) is 9.00. The van der Waals surface area contributed by atoms with Gasteiger partial charge in [0.25, 0.3) is 5.91 Å². The van der Waals surface area contributed by atoms with Crippen molar-refractivity contribution >= 4 is 17.2 Å². The molecule has 1 aliphatic carbocycles. The van der Waals surface area contributed by atoms with Crippen LogP contribution in [0.5, 0.6) is 0 Å². The van der Waals surface area contributed by atoms with Crippen LogP contribution >= 0.6 is 11.3 Å². The van der Waals surface area contributed by atoms with E-state index in [-0.39, 0.29) is 17.8 Å². The highest BCUT2D eigenvalue weighted by Crippen LogP contribution is 2.33. The molecule has 3 aromatic rings. The van der Waals surface area contributed by atoms with Gasteiger partial charge in [-0.05, 0) is 56.5 Å². The van der Waals surface area contributed by atoms with E-state index in [0.29, 0.717) is 11.4 Å². The minimum absolute atomic E-state index is 0.0567. The Labute approximate surface area is 148 Å². The Morgan fingerprint density at radius 1 is 1.36 bits per heavy atom. The summed E-state index contributed by atoms with van der Waals surface area (Å²) in [4.78, 5) is 18.4. The lowest BCUT2D eigenvalue weighted by molar-refractivity contribution is 0.0927. The van der Waals surface area contributed by atoms with Gasteiger partial charge < -0.3 is 5.32 Å². The Balaban J connectivity index is 1.52. The molecule has 7 heteroatoms. The third-order valence-electron chi connectivity index (χ3n) is 4.33. The van der Waals surface area contributed by atoms with E-state index in [0.717, 1.165) is 35.5 Å². The lowest BCUT2D eigenvalue weighted by Crippen LogP contribution is -2.31. The van der Waals surface area contributed by atoms with Gasteiger partial charge >= 0.3 is 0 Å². The van der Waals surface area contributed by atoms with Gasteiger partial charge in [-0.3, -0.25) is 9.89 Å². The minimum atomic E-state index is -0.302. The maximum Gasteiger partial charge on any atom is 0.269 e. The number of nitrogens with one attached hydrogen (secondary N) is 2. The number of nitrogens with zero attached hydrogens (tertiary/aromatic N) is 2. The lowest BCUT2D eigenvalue weighted by Gasteiger charge is -2.21. The van der Waals surface area contributed by atoms with Crippen LogP contribution in [0.3, 0.4) is 0 Å². The molecule has 4 rings (SSSR count). The monoisotopic (exact) mass is 356 g/mol. The predicted molar refractivity (Wildman–Crippen MR) is 94.0 cm³/mol. The Morgan fingerprint density at radius 2 is 2.16 bits per heavy atom. The van der Waals surface area contributed by atoms with E-state index in [9.17, 15) is 9.18 Å². The number of aryl methyl sites for hydroxylation is 2. The fourth-order valence-corrected chi connectivity index (χ4v) is 4.16. The average molecular weight is 356 g/mol. The van der Waals surface area contributed by atoms with E-state index >= 15 is 0 Å². The summed E-state index contributed by atoms with van der Waals surface area (Å²) < 4.78 is 13.0. The zero-order valence-electron chi connectivity index (χ0n) is 13.7. The van der Waals surface area contributed by atoms with Gasteiger partial charge in [-0.2, -0.15) is 5.10 Å². The number of carbonyl (C=O) groups is 1. The van der Waals surface area contributed by atoms with Crippen molar-refractivity contribution in [1.29, 1.82) is 0 Å². The summed E-state index contributed by atoms with van der Waals surface area (Å²) in [6.07, 6.45) is 2.97. The first-order valence-electron chi connectivity index (χ1n) is 8.18. The van der Waals surface area contributed by atoms with Gasteiger partial charge in [0.1, 0.15) is 11.5 Å². The molecule has 1 aromatic carbocycles. The highest BCUT2D eigenvalue weighted by atomic mass is 32.1. The number of thiazole rings is 1. The average Bonchev–Trinajstić information content (AvgIpc) is 3.22. The molecule has 128 valence electrons. The van der Waals surface area contributed by atoms with Crippen molar-refractivity contribution in [3.05, 3.63) is 57.4 Å². The number of carbonyl (C=O) groups excluding carboxylic acids is 1. The molecule has 0 aliphatic heterocycles.